The highest BCUT2D eigenvalue weighted by Gasteiger charge is 2.18. The van der Waals surface area contributed by atoms with Gasteiger partial charge in [-0.2, -0.15) is 4.98 Å². The summed E-state index contributed by atoms with van der Waals surface area (Å²) in [7, 11) is 3.01. The minimum Gasteiger partial charge on any atom is -0.494 e. The molecule has 0 bridgehead atoms. The molecule has 0 spiro atoms. The Labute approximate surface area is 324 Å². The number of methoxy groups -OCH3 is 2. The number of rotatable bonds is 12. The molecule has 1 amide bonds. The van der Waals surface area contributed by atoms with Crippen molar-refractivity contribution in [1.82, 2.24) is 24.8 Å². The number of piperidine rings is 1. The Morgan fingerprint density at radius 1 is 0.764 bits per heavy atom. The average Bonchev–Trinajstić information content (AvgIpc) is 3.18. The van der Waals surface area contributed by atoms with Gasteiger partial charge in [-0.1, -0.05) is 35.7 Å². The monoisotopic (exact) mass is 785 g/mol. The van der Waals surface area contributed by atoms with E-state index in [2.05, 4.69) is 36.1 Å². The topological polar surface area (TPSA) is 138 Å². The summed E-state index contributed by atoms with van der Waals surface area (Å²) in [6.07, 6.45) is 8.31. The number of carbonyl (C=O) groups excluding carboxylic acids is 1. The molecule has 12 nitrogen and oxygen atoms in total. The summed E-state index contributed by atoms with van der Waals surface area (Å²) in [5, 5.41) is 13.5. The number of ether oxygens (including phenoxy) is 2. The van der Waals surface area contributed by atoms with Crippen molar-refractivity contribution in [2.45, 2.75) is 19.3 Å². The van der Waals surface area contributed by atoms with E-state index in [1.807, 2.05) is 6.08 Å². The van der Waals surface area contributed by atoms with Crippen molar-refractivity contribution >= 4 is 91.2 Å². The highest BCUT2D eigenvalue weighted by atomic mass is 35.5. The highest BCUT2D eigenvalue weighted by molar-refractivity contribution is 6.31. The lowest BCUT2D eigenvalue weighted by Gasteiger charge is -2.24. The molecule has 282 valence electrons. The number of nitrogens with zero attached hydrogens (tertiary/aromatic N) is 5. The Bertz CT molecular complexity index is 2430. The summed E-state index contributed by atoms with van der Waals surface area (Å²) < 4.78 is 39.4. The lowest BCUT2D eigenvalue weighted by atomic mass is 10.1. The number of anilines is 7. The van der Waals surface area contributed by atoms with Gasteiger partial charge in [0.15, 0.2) is 0 Å². The molecule has 0 unspecified atom stereocenters. The van der Waals surface area contributed by atoms with E-state index < -0.39 is 11.6 Å². The maximum atomic E-state index is 14.1. The molecule has 7 rings (SSSR count). The van der Waals surface area contributed by atoms with E-state index >= 15 is 0 Å². The molecule has 1 saturated heterocycles. The van der Waals surface area contributed by atoms with E-state index in [1.54, 1.807) is 30.3 Å². The zero-order valence-electron chi connectivity index (χ0n) is 29.7. The molecule has 1 aliphatic rings. The molecule has 0 saturated carbocycles. The van der Waals surface area contributed by atoms with Crippen LogP contribution < -0.4 is 30.7 Å². The van der Waals surface area contributed by atoms with Gasteiger partial charge in [-0.15, -0.1) is 0 Å². The maximum absolute atomic E-state index is 14.1. The number of amides is 1. The molecule has 3 heterocycles. The van der Waals surface area contributed by atoms with E-state index in [4.69, 9.17) is 42.6 Å². The standard InChI is InChI=1S/C39H35Cl2F2N9O3/c1-54-34-19-30-24(37(45-21-44-30)46-22-8-10-28(42)26(40)15-22)17-33(34)50-39-49-31-20-35(55-2)32(48-36(53)7-6-14-52-12-4-3-5-13-52)18-25(31)38(51-39)47-23-9-11-29(43)27(41)16-23/h6-11,15-21H,3-5,12-14H2,1-2H3,(H,48,53)(H,44,45,46)(H2,47,49,50,51)/b7-6+. The first-order valence-electron chi connectivity index (χ1n) is 17.3. The van der Waals surface area contributed by atoms with E-state index in [1.165, 1.54) is 63.4 Å². The van der Waals surface area contributed by atoms with Crippen LogP contribution in [-0.4, -0.2) is 64.6 Å². The van der Waals surface area contributed by atoms with Gasteiger partial charge in [0.25, 0.3) is 0 Å². The molecular formula is C39H35Cl2F2N9O3. The summed E-state index contributed by atoms with van der Waals surface area (Å²) in [6, 6.07) is 15.3. The average molecular weight is 787 g/mol. The van der Waals surface area contributed by atoms with Gasteiger partial charge in [0.05, 0.1) is 46.7 Å². The number of fused-ring (bicyclic) bond motifs is 2. The third-order valence-corrected chi connectivity index (χ3v) is 9.50. The molecule has 2 aromatic heterocycles. The first kappa shape index (κ1) is 37.5. The summed E-state index contributed by atoms with van der Waals surface area (Å²) in [5.41, 5.74) is 2.84. The fourth-order valence-corrected chi connectivity index (χ4v) is 6.55. The number of nitrogens with one attached hydrogen (secondary N) is 4. The lowest BCUT2D eigenvalue weighted by molar-refractivity contribution is -0.111. The molecule has 6 aromatic rings. The van der Waals surface area contributed by atoms with Crippen LogP contribution in [0.1, 0.15) is 19.3 Å². The van der Waals surface area contributed by atoms with Crippen molar-refractivity contribution < 1.29 is 23.0 Å². The molecule has 1 fully saturated rings. The first-order valence-corrected chi connectivity index (χ1v) is 18.1. The zero-order valence-corrected chi connectivity index (χ0v) is 31.2. The Hall–Kier alpha value is -5.83. The van der Waals surface area contributed by atoms with Crippen LogP contribution in [-0.2, 0) is 4.79 Å². The quantitative estimate of drug-likeness (QED) is 0.0883. The predicted octanol–water partition coefficient (Wildman–Crippen LogP) is 9.39. The number of likely N-dealkylation sites (tertiary alicyclic amines) is 1. The second-order valence-electron chi connectivity index (χ2n) is 12.6. The lowest BCUT2D eigenvalue weighted by Crippen LogP contribution is -2.29. The Morgan fingerprint density at radius 3 is 2.05 bits per heavy atom. The van der Waals surface area contributed by atoms with Crippen LogP contribution in [0.25, 0.3) is 21.8 Å². The number of hydrogen-bond donors (Lipinski definition) is 4. The number of carbonyl (C=O) groups is 1. The maximum Gasteiger partial charge on any atom is 0.248 e. The van der Waals surface area contributed by atoms with Crippen molar-refractivity contribution in [2.75, 3.05) is 55.1 Å². The van der Waals surface area contributed by atoms with Gasteiger partial charge < -0.3 is 30.7 Å². The Morgan fingerprint density at radius 2 is 1.38 bits per heavy atom. The van der Waals surface area contributed by atoms with Gasteiger partial charge in [0.2, 0.25) is 11.9 Å². The SMILES string of the molecule is COc1cc2nc(Nc3cc4c(Nc5ccc(F)c(Cl)c5)ncnc4cc3OC)nc(Nc3ccc(F)c(Cl)c3)c2cc1NC(=O)/C=C/CN1CCCCC1. The fourth-order valence-electron chi connectivity index (χ4n) is 6.19. The van der Waals surface area contributed by atoms with Gasteiger partial charge in [0, 0.05) is 46.9 Å². The van der Waals surface area contributed by atoms with Crippen molar-refractivity contribution in [1.29, 1.82) is 0 Å². The van der Waals surface area contributed by atoms with Crippen LogP contribution in [0.3, 0.4) is 0 Å². The van der Waals surface area contributed by atoms with Gasteiger partial charge in [-0.25, -0.2) is 23.7 Å². The second kappa shape index (κ2) is 16.7. The van der Waals surface area contributed by atoms with Crippen LogP contribution in [0.15, 0.2) is 79.1 Å². The van der Waals surface area contributed by atoms with Crippen molar-refractivity contribution in [3.63, 3.8) is 0 Å². The van der Waals surface area contributed by atoms with Gasteiger partial charge in [0.1, 0.15) is 41.1 Å². The number of hydrogen-bond acceptors (Lipinski definition) is 11. The van der Waals surface area contributed by atoms with E-state index in [0.29, 0.717) is 74.2 Å². The molecule has 4 aromatic carbocycles. The van der Waals surface area contributed by atoms with Crippen molar-refractivity contribution in [3.8, 4) is 11.5 Å². The molecule has 55 heavy (non-hydrogen) atoms. The smallest absolute Gasteiger partial charge is 0.248 e. The van der Waals surface area contributed by atoms with Crippen LogP contribution in [0, 0.1) is 11.6 Å². The summed E-state index contributed by atoms with van der Waals surface area (Å²) in [4.78, 5) is 33.7. The van der Waals surface area contributed by atoms with Gasteiger partial charge in [-0.05, 0) is 74.5 Å². The molecule has 0 radical (unpaired) electrons. The molecule has 0 aliphatic carbocycles. The van der Waals surface area contributed by atoms with E-state index in [-0.39, 0.29) is 21.9 Å². The molecule has 4 N–H and O–H groups in total. The molecule has 1 aliphatic heterocycles. The Balaban J connectivity index is 1.25. The molecule has 0 atom stereocenters. The number of aromatic nitrogens is 4. The third kappa shape index (κ3) is 8.78. The first-order chi connectivity index (χ1) is 26.7. The number of benzene rings is 4. The van der Waals surface area contributed by atoms with Crippen molar-refractivity contribution in [3.05, 3.63) is 101 Å². The third-order valence-electron chi connectivity index (χ3n) is 8.92. The number of halogens is 4. The normalized spacial score (nSPS) is 13.3. The van der Waals surface area contributed by atoms with E-state index in [9.17, 15) is 13.6 Å². The Kier molecular flexibility index (Phi) is 11.4. The van der Waals surface area contributed by atoms with Crippen LogP contribution in [0.2, 0.25) is 10.0 Å². The molecule has 16 heteroatoms. The van der Waals surface area contributed by atoms with Crippen molar-refractivity contribution in [2.24, 2.45) is 0 Å². The molecular weight excluding hydrogens is 751 g/mol. The second-order valence-corrected chi connectivity index (χ2v) is 13.5. The van der Waals surface area contributed by atoms with Crippen LogP contribution in [0.4, 0.5) is 49.1 Å². The minimum atomic E-state index is -0.575. The minimum absolute atomic E-state index is 0.0423. The van der Waals surface area contributed by atoms with Crippen LogP contribution >= 0.6 is 23.2 Å². The van der Waals surface area contributed by atoms with E-state index in [0.717, 1.165) is 25.9 Å². The highest BCUT2D eigenvalue weighted by Crippen LogP contribution is 2.38. The predicted molar refractivity (Wildman–Crippen MR) is 213 cm³/mol. The fraction of sp³-hybridized carbons (Fsp3) is 0.205. The zero-order chi connectivity index (χ0) is 38.5. The summed E-state index contributed by atoms with van der Waals surface area (Å²) >= 11 is 12.1. The largest absolute Gasteiger partial charge is 0.494 e. The van der Waals surface area contributed by atoms with Gasteiger partial charge in [-0.3, -0.25) is 9.69 Å². The summed E-state index contributed by atoms with van der Waals surface area (Å²) in [6.45, 7) is 2.73. The van der Waals surface area contributed by atoms with Crippen LogP contribution in [0.5, 0.6) is 11.5 Å². The van der Waals surface area contributed by atoms with Gasteiger partial charge >= 0.3 is 0 Å². The summed E-state index contributed by atoms with van der Waals surface area (Å²) in [5.74, 6) is 0.236.